The number of nitrogens with zero attached hydrogens (tertiary/aromatic N) is 11. The number of aromatic amines is 1. The average molecular weight is 1620 g/mol. The summed E-state index contributed by atoms with van der Waals surface area (Å²) in [5.41, 5.74) is 24.9. The van der Waals surface area contributed by atoms with Crippen LogP contribution in [0, 0.1) is 138 Å². The molecule has 0 aliphatic heterocycles. The van der Waals surface area contributed by atoms with E-state index in [0.29, 0.717) is 5.65 Å². The number of pyridine rings is 3. The minimum atomic E-state index is 0. The van der Waals surface area contributed by atoms with Crippen LogP contribution in [0.5, 0.6) is 0 Å². The molecule has 0 aliphatic carbocycles. The van der Waals surface area contributed by atoms with Crippen LogP contribution in [0.3, 0.4) is 0 Å². The van der Waals surface area contributed by atoms with E-state index in [2.05, 4.69) is 296 Å². The van der Waals surface area contributed by atoms with Crippen LogP contribution in [0.4, 0.5) is 0 Å². The maximum atomic E-state index is 5.45. The van der Waals surface area contributed by atoms with Crippen LogP contribution in [0.25, 0.3) is 65.2 Å². The lowest BCUT2D eigenvalue weighted by atomic mass is 10.2. The van der Waals surface area contributed by atoms with Gasteiger partial charge in [-0.15, -0.1) is 22.7 Å². The normalized spacial score (nSPS) is 9.32. The second-order valence-electron chi connectivity index (χ2n) is 27.2. The number of aryl methyl sites for hydroxylation is 23. The fraction of sp³-hybridized carbons (Fsp3) is 0.324. The number of benzene rings is 6. The Morgan fingerprint density at radius 1 is 0.359 bits per heavy atom. The molecular formula is C102H147N12OS2+. The van der Waals surface area contributed by atoms with E-state index in [1.165, 1.54) is 103 Å². The maximum absolute atomic E-state index is 5.45. The van der Waals surface area contributed by atoms with Crippen molar-refractivity contribution in [3.63, 3.8) is 0 Å². The smallest absolute Gasteiger partial charge is 0.181 e. The van der Waals surface area contributed by atoms with Crippen molar-refractivity contribution in [1.29, 1.82) is 0 Å². The summed E-state index contributed by atoms with van der Waals surface area (Å²) < 4.78 is 13.2. The average Bonchev–Trinajstić information content (AvgIpc) is 1.74. The molecule has 1 N–H and O–H groups in total. The van der Waals surface area contributed by atoms with E-state index in [1.807, 2.05) is 158 Å². The van der Waals surface area contributed by atoms with E-state index in [9.17, 15) is 0 Å². The zero-order chi connectivity index (χ0) is 77.9. The van der Waals surface area contributed by atoms with Gasteiger partial charge in [0.1, 0.15) is 41.9 Å². The van der Waals surface area contributed by atoms with E-state index >= 15 is 0 Å². The van der Waals surface area contributed by atoms with E-state index in [4.69, 9.17) is 4.42 Å². The van der Waals surface area contributed by atoms with Crippen molar-refractivity contribution >= 4 is 87.9 Å². The van der Waals surface area contributed by atoms with Gasteiger partial charge in [0.25, 0.3) is 0 Å². The number of rotatable bonds is 0. The first-order valence-electron chi connectivity index (χ1n) is 35.9. The number of H-pyrrole nitrogens is 1. The Balaban J connectivity index is -0.000000598. The molecule has 0 unspecified atom stereocenters. The highest BCUT2D eigenvalue weighted by atomic mass is 32.1. The highest BCUT2D eigenvalue weighted by Crippen LogP contribution is 2.26. The van der Waals surface area contributed by atoms with Gasteiger partial charge in [0.15, 0.2) is 18.0 Å². The highest BCUT2D eigenvalue weighted by Gasteiger charge is 2.06. The van der Waals surface area contributed by atoms with Crippen molar-refractivity contribution in [2.24, 2.45) is 21.1 Å². The van der Waals surface area contributed by atoms with Crippen LogP contribution < -0.4 is 4.57 Å². The van der Waals surface area contributed by atoms with Crippen molar-refractivity contribution in [2.75, 3.05) is 0 Å². The zero-order valence-electron chi connectivity index (χ0n) is 67.0. The van der Waals surface area contributed by atoms with Gasteiger partial charge in [0.2, 0.25) is 0 Å². The van der Waals surface area contributed by atoms with E-state index in [-0.39, 0.29) is 74.3 Å². The number of hydrogen-bond acceptors (Lipinski definition) is 11. The Morgan fingerprint density at radius 2 is 0.863 bits per heavy atom. The molecule has 632 valence electrons. The third-order valence-corrected chi connectivity index (χ3v) is 18.6. The quantitative estimate of drug-likeness (QED) is 0.147. The Hall–Kier alpha value is -11.1. The molecule has 11 heterocycles. The molecule has 0 aliphatic rings. The second-order valence-corrected chi connectivity index (χ2v) is 29.9. The van der Waals surface area contributed by atoms with Crippen molar-refractivity contribution in [1.82, 2.24) is 54.0 Å². The topological polar surface area (TPSA) is 146 Å². The summed E-state index contributed by atoms with van der Waals surface area (Å²) in [6.45, 7) is 41.1. The lowest BCUT2D eigenvalue weighted by Gasteiger charge is -1.98. The largest absolute Gasteiger partial charge is 0.461 e. The summed E-state index contributed by atoms with van der Waals surface area (Å²) >= 11 is 3.71. The molecule has 117 heavy (non-hydrogen) atoms. The van der Waals surface area contributed by atoms with E-state index in [0.717, 1.165) is 73.5 Å². The lowest BCUT2D eigenvalue weighted by Crippen LogP contribution is -2.25. The molecule has 0 bridgehead atoms. The van der Waals surface area contributed by atoms with Crippen LogP contribution in [0.15, 0.2) is 230 Å². The molecule has 0 radical (unpaired) electrons. The Kier molecular flexibility index (Phi) is 53.2. The third kappa shape index (κ3) is 37.6. The van der Waals surface area contributed by atoms with Crippen molar-refractivity contribution in [2.45, 2.75) is 213 Å². The fourth-order valence-electron chi connectivity index (χ4n) is 11.1. The van der Waals surface area contributed by atoms with Gasteiger partial charge in [-0.25, -0.2) is 34.5 Å². The molecule has 17 rings (SSSR count). The highest BCUT2D eigenvalue weighted by molar-refractivity contribution is 7.19. The van der Waals surface area contributed by atoms with Gasteiger partial charge in [-0.2, -0.15) is 0 Å². The van der Waals surface area contributed by atoms with Crippen LogP contribution >= 0.6 is 22.7 Å². The summed E-state index contributed by atoms with van der Waals surface area (Å²) in [7, 11) is 6.15. The van der Waals surface area contributed by atoms with Crippen molar-refractivity contribution < 1.29 is 8.98 Å². The van der Waals surface area contributed by atoms with Crippen molar-refractivity contribution in [3.05, 3.63) is 336 Å². The standard InChI is InChI=1S/C11H13N.C10H12N2.C10H10O.C10H10S.C8H8N4.C8H9N3.2C8H10.C7H9N.C6H8N.C6H8S.10CH4/c1-8-4-5-10-7-9(2)12(3)11(10)6-8;1-7-4-5-9-10(6-7)12(3)8(2)11-9;2*1-7-3-4-9-6-8(2)11-10(9)5-7;1-5-3-9-8-7(12-5)6(2)10-4-11-8;1-5-3-7-8(4-9-5)11-6(2)10-7;2*1-7-4-3-5-8(2)6-7;1-6-4-3-5-7(2)8-6;1-7-5-3-2-4-6-7;1-5-3-4-6(2)7-5;;;;;;;;;;/h4-7H,1-3H3;4-6H,1-3H3;2*3-6H,1-2H3;3-4H,1-2H3;3-4H,1-2H3,(H,10,11);2*3-6H,1-2H3;3-5H,1-2H3;2-6H,1H3;3-4H,1-2H3;10*1H4/q;;;;;;;;;+1;;;;;;;;;;;. The number of furan rings is 1. The summed E-state index contributed by atoms with van der Waals surface area (Å²) in [5, 5.41) is 3.90. The van der Waals surface area contributed by atoms with Gasteiger partial charge < -0.3 is 18.5 Å². The predicted molar refractivity (Wildman–Crippen MR) is 522 cm³/mol. The maximum Gasteiger partial charge on any atom is 0.181 e. The van der Waals surface area contributed by atoms with Gasteiger partial charge in [-0.1, -0.05) is 200 Å². The minimum Gasteiger partial charge on any atom is -0.461 e. The zero-order valence-corrected chi connectivity index (χ0v) is 68.6. The van der Waals surface area contributed by atoms with Crippen LogP contribution in [0.2, 0.25) is 0 Å². The Morgan fingerprint density at radius 3 is 1.37 bits per heavy atom. The molecule has 0 saturated carbocycles. The summed E-state index contributed by atoms with van der Waals surface area (Å²) in [5.74, 6) is 2.98. The van der Waals surface area contributed by atoms with Gasteiger partial charge in [0.05, 0.1) is 45.8 Å². The molecule has 0 atom stereocenters. The summed E-state index contributed by atoms with van der Waals surface area (Å²) in [6.07, 6.45) is 9.02. The van der Waals surface area contributed by atoms with Crippen LogP contribution in [-0.4, -0.2) is 54.0 Å². The molecular weight excluding hydrogens is 1470 g/mol. The fourth-order valence-corrected chi connectivity index (χ4v) is 12.9. The Bertz CT molecular complexity index is 5180. The number of nitrogens with one attached hydrogen (secondary N) is 1. The first-order chi connectivity index (χ1) is 50.9. The van der Waals surface area contributed by atoms with Gasteiger partial charge in [-0.05, 0) is 250 Å². The van der Waals surface area contributed by atoms with Gasteiger partial charge >= 0.3 is 0 Å². The molecule has 0 amide bonds. The molecule has 0 saturated heterocycles. The van der Waals surface area contributed by atoms with Crippen LogP contribution in [-0.2, 0) is 21.1 Å². The van der Waals surface area contributed by atoms with E-state index in [1.54, 1.807) is 6.20 Å². The first-order valence-corrected chi connectivity index (χ1v) is 37.5. The third-order valence-electron chi connectivity index (χ3n) is 16.7. The lowest BCUT2D eigenvalue weighted by molar-refractivity contribution is -0.671. The molecule has 0 spiro atoms. The summed E-state index contributed by atoms with van der Waals surface area (Å²) in [4.78, 5) is 40.8. The first kappa shape index (κ1) is 112. The molecule has 13 nitrogen and oxygen atoms in total. The van der Waals surface area contributed by atoms with Crippen molar-refractivity contribution in [3.8, 4) is 0 Å². The number of aromatic nitrogens is 12. The Labute approximate surface area is 716 Å². The molecule has 6 aromatic carbocycles. The number of hydrogen-bond donors (Lipinski definition) is 1. The molecule has 11 aromatic heterocycles. The molecule has 15 heteroatoms. The summed E-state index contributed by atoms with van der Waals surface area (Å²) in [6, 6.07) is 67.4. The van der Waals surface area contributed by atoms with Gasteiger partial charge in [0, 0.05) is 79.2 Å². The number of fused-ring (bicyclic) bond motifs is 6. The number of thiophene rings is 2. The SMILES string of the molecule is C.C.C.C.C.C.C.C.C.C.C[n+]1ccccc1.Cc1cc2nc(C)[nH]c2cn1.Cc1ccc(C)s1.Cc1ccc2cc(C)n(C)c2c1.Cc1ccc2cc(C)oc2c1.Cc1ccc2cc(C)sc2c1.Cc1ccc2nc(C)n(C)c2c1.Cc1cccc(C)c1.Cc1cccc(C)c1.Cc1cccc(C)n1.Cc1cnc2ncnc(C)c2n1. The van der Waals surface area contributed by atoms with Crippen LogP contribution in [0.1, 0.15) is 185 Å². The van der Waals surface area contributed by atoms with E-state index < -0.39 is 0 Å². The predicted octanol–water partition coefficient (Wildman–Crippen LogP) is 29.7. The minimum absolute atomic E-state index is 0. The monoisotopic (exact) mass is 1620 g/mol. The number of imidazole rings is 2. The molecule has 0 fully saturated rings. The molecule has 17 aromatic rings. The van der Waals surface area contributed by atoms with Gasteiger partial charge in [-0.3, -0.25) is 9.97 Å². The second kappa shape index (κ2) is 55.4.